The molecule has 1 aromatic heterocycles. The van der Waals surface area contributed by atoms with Crippen molar-refractivity contribution in [1.29, 1.82) is 0 Å². The number of piperidine rings is 1. The van der Waals surface area contributed by atoms with Crippen LogP contribution in [0.5, 0.6) is 0 Å². The zero-order valence-electron chi connectivity index (χ0n) is 14.5. The summed E-state index contributed by atoms with van der Waals surface area (Å²) in [7, 11) is -3.51. The lowest BCUT2D eigenvalue weighted by Gasteiger charge is -2.26. The molecule has 0 radical (unpaired) electrons. The highest BCUT2D eigenvalue weighted by molar-refractivity contribution is 7.89. The summed E-state index contributed by atoms with van der Waals surface area (Å²) in [5, 5.41) is 5.69. The first-order chi connectivity index (χ1) is 12.6. The van der Waals surface area contributed by atoms with E-state index in [9.17, 15) is 13.2 Å². The first-order valence-electron chi connectivity index (χ1n) is 8.69. The maximum absolute atomic E-state index is 12.7. The van der Waals surface area contributed by atoms with Gasteiger partial charge >= 0.3 is 0 Å². The van der Waals surface area contributed by atoms with Gasteiger partial charge in [-0.25, -0.2) is 8.42 Å². The van der Waals surface area contributed by atoms with Crippen molar-refractivity contribution < 1.29 is 17.6 Å². The number of furan rings is 1. The zero-order valence-corrected chi connectivity index (χ0v) is 15.3. The molecule has 1 saturated heterocycles. The molecule has 0 atom stereocenters. The number of amides is 1. The van der Waals surface area contributed by atoms with E-state index in [0.29, 0.717) is 25.3 Å². The third-order valence-corrected chi connectivity index (χ3v) is 6.13. The van der Waals surface area contributed by atoms with Gasteiger partial charge in [0.1, 0.15) is 5.76 Å². The first kappa shape index (κ1) is 18.6. The summed E-state index contributed by atoms with van der Waals surface area (Å²) in [4.78, 5) is 12.2. The van der Waals surface area contributed by atoms with Crippen LogP contribution in [0.4, 0.5) is 5.69 Å². The molecule has 26 heavy (non-hydrogen) atoms. The number of anilines is 1. The summed E-state index contributed by atoms with van der Waals surface area (Å²) in [6.07, 6.45) is 4.41. The minimum atomic E-state index is -3.51. The predicted octanol–water partition coefficient (Wildman–Crippen LogP) is 2.18. The molecule has 0 aliphatic carbocycles. The quantitative estimate of drug-likeness (QED) is 0.772. The summed E-state index contributed by atoms with van der Waals surface area (Å²) in [5.74, 6) is 0.497. The van der Waals surface area contributed by atoms with Crippen LogP contribution in [0.25, 0.3) is 0 Å². The van der Waals surface area contributed by atoms with Gasteiger partial charge in [0, 0.05) is 18.8 Å². The second-order valence-electron chi connectivity index (χ2n) is 6.22. The molecule has 1 aliphatic rings. The van der Waals surface area contributed by atoms with Crippen molar-refractivity contribution in [3.63, 3.8) is 0 Å². The van der Waals surface area contributed by atoms with E-state index < -0.39 is 10.0 Å². The van der Waals surface area contributed by atoms with E-state index in [1.54, 1.807) is 30.5 Å². The lowest BCUT2D eigenvalue weighted by atomic mass is 10.2. The van der Waals surface area contributed by atoms with Gasteiger partial charge in [-0.3, -0.25) is 4.79 Å². The van der Waals surface area contributed by atoms with Crippen molar-refractivity contribution in [3.05, 3.63) is 48.4 Å². The van der Waals surface area contributed by atoms with Gasteiger partial charge in [-0.2, -0.15) is 4.31 Å². The fourth-order valence-electron chi connectivity index (χ4n) is 2.91. The van der Waals surface area contributed by atoms with Gasteiger partial charge < -0.3 is 15.1 Å². The largest absolute Gasteiger partial charge is 0.468 e. The minimum Gasteiger partial charge on any atom is -0.468 e. The van der Waals surface area contributed by atoms with Gasteiger partial charge in [0.25, 0.3) is 0 Å². The van der Waals surface area contributed by atoms with E-state index in [1.807, 2.05) is 6.07 Å². The molecular formula is C18H23N3O4S. The zero-order chi connectivity index (χ0) is 18.4. The van der Waals surface area contributed by atoms with Crippen LogP contribution in [0, 0.1) is 0 Å². The number of hydrogen-bond acceptors (Lipinski definition) is 5. The Hall–Kier alpha value is -2.16. The highest BCUT2D eigenvalue weighted by Gasteiger charge is 2.26. The molecule has 1 aliphatic heterocycles. The smallest absolute Gasteiger partial charge is 0.243 e. The molecule has 1 amide bonds. The normalized spacial score (nSPS) is 15.7. The topological polar surface area (TPSA) is 91.6 Å². The van der Waals surface area contributed by atoms with Gasteiger partial charge in [-0.05, 0) is 43.2 Å². The molecule has 0 saturated carbocycles. The van der Waals surface area contributed by atoms with Crippen LogP contribution in [0.2, 0.25) is 0 Å². The monoisotopic (exact) mass is 377 g/mol. The van der Waals surface area contributed by atoms with E-state index in [-0.39, 0.29) is 17.3 Å². The number of hydrogen-bond donors (Lipinski definition) is 2. The Labute approximate surface area is 153 Å². The van der Waals surface area contributed by atoms with Gasteiger partial charge in [-0.1, -0.05) is 12.5 Å². The Kier molecular flexibility index (Phi) is 6.08. The average molecular weight is 377 g/mol. The molecule has 3 rings (SSSR count). The standard InChI is InChI=1S/C18H23N3O4S/c22-18(14-19-13-16-7-5-11-25-16)20-15-6-4-8-17(12-15)26(23,24)21-9-2-1-3-10-21/h4-8,11-12,19H,1-3,9-10,13-14H2,(H,20,22). The van der Waals surface area contributed by atoms with Crippen LogP contribution in [0.1, 0.15) is 25.0 Å². The Balaban J connectivity index is 1.58. The fraction of sp³-hybridized carbons (Fsp3) is 0.389. The van der Waals surface area contributed by atoms with E-state index in [2.05, 4.69) is 10.6 Å². The number of carbonyl (C=O) groups excluding carboxylic acids is 1. The molecule has 8 heteroatoms. The molecule has 0 unspecified atom stereocenters. The molecule has 2 heterocycles. The molecule has 7 nitrogen and oxygen atoms in total. The molecule has 1 aromatic carbocycles. The Bertz CT molecular complexity index is 828. The van der Waals surface area contributed by atoms with Crippen LogP contribution in [0.15, 0.2) is 52.0 Å². The van der Waals surface area contributed by atoms with Gasteiger partial charge in [0.05, 0.1) is 24.2 Å². The van der Waals surface area contributed by atoms with Crippen LogP contribution in [0.3, 0.4) is 0 Å². The SMILES string of the molecule is O=C(CNCc1ccco1)Nc1cccc(S(=O)(=O)N2CCCCC2)c1. The van der Waals surface area contributed by atoms with Crippen molar-refractivity contribution in [2.24, 2.45) is 0 Å². The minimum absolute atomic E-state index is 0.101. The van der Waals surface area contributed by atoms with Crippen LogP contribution >= 0.6 is 0 Å². The van der Waals surface area contributed by atoms with Crippen molar-refractivity contribution >= 4 is 21.6 Å². The van der Waals surface area contributed by atoms with E-state index in [0.717, 1.165) is 25.0 Å². The van der Waals surface area contributed by atoms with Crippen molar-refractivity contribution in [3.8, 4) is 0 Å². The summed E-state index contributed by atoms with van der Waals surface area (Å²) in [6.45, 7) is 1.65. The number of sulfonamides is 1. The predicted molar refractivity (Wildman–Crippen MR) is 98.1 cm³/mol. The third-order valence-electron chi connectivity index (χ3n) is 4.24. The van der Waals surface area contributed by atoms with Crippen molar-refractivity contribution in [2.75, 3.05) is 25.0 Å². The molecule has 2 aromatic rings. The second kappa shape index (κ2) is 8.48. The summed E-state index contributed by atoms with van der Waals surface area (Å²) in [6, 6.07) is 10.00. The summed E-state index contributed by atoms with van der Waals surface area (Å²) < 4.78 is 32.1. The van der Waals surface area contributed by atoms with Crippen molar-refractivity contribution in [2.45, 2.75) is 30.7 Å². The maximum Gasteiger partial charge on any atom is 0.243 e. The van der Waals surface area contributed by atoms with Crippen LogP contribution in [-0.2, 0) is 21.4 Å². The molecule has 1 fully saturated rings. The number of rotatable bonds is 7. The molecule has 0 bridgehead atoms. The highest BCUT2D eigenvalue weighted by atomic mass is 32.2. The van der Waals surface area contributed by atoms with Gasteiger partial charge in [0.2, 0.25) is 15.9 Å². The molecule has 2 N–H and O–H groups in total. The van der Waals surface area contributed by atoms with Crippen LogP contribution < -0.4 is 10.6 Å². The second-order valence-corrected chi connectivity index (χ2v) is 8.16. The highest BCUT2D eigenvalue weighted by Crippen LogP contribution is 2.22. The van der Waals surface area contributed by atoms with E-state index >= 15 is 0 Å². The number of nitrogens with one attached hydrogen (secondary N) is 2. The van der Waals surface area contributed by atoms with E-state index in [1.165, 1.54) is 10.4 Å². The maximum atomic E-state index is 12.7. The lowest BCUT2D eigenvalue weighted by molar-refractivity contribution is -0.115. The fourth-order valence-corrected chi connectivity index (χ4v) is 4.47. The number of nitrogens with zero attached hydrogens (tertiary/aromatic N) is 1. The van der Waals surface area contributed by atoms with Gasteiger partial charge in [0.15, 0.2) is 0 Å². The lowest BCUT2D eigenvalue weighted by Crippen LogP contribution is -2.35. The van der Waals surface area contributed by atoms with Gasteiger partial charge in [-0.15, -0.1) is 0 Å². The molecule has 0 spiro atoms. The summed E-state index contributed by atoms with van der Waals surface area (Å²) >= 11 is 0. The Morgan fingerprint density at radius 1 is 1.12 bits per heavy atom. The van der Waals surface area contributed by atoms with Crippen LogP contribution in [-0.4, -0.2) is 38.3 Å². The first-order valence-corrected chi connectivity index (χ1v) is 10.1. The van der Waals surface area contributed by atoms with Crippen molar-refractivity contribution in [1.82, 2.24) is 9.62 Å². The van der Waals surface area contributed by atoms with E-state index in [4.69, 9.17) is 4.42 Å². The number of benzene rings is 1. The Morgan fingerprint density at radius 2 is 1.92 bits per heavy atom. The average Bonchev–Trinajstić information content (AvgIpc) is 3.16. The molecular weight excluding hydrogens is 354 g/mol. The Morgan fingerprint density at radius 3 is 2.65 bits per heavy atom. The molecule has 140 valence electrons. The third kappa shape index (κ3) is 4.72. The summed E-state index contributed by atoms with van der Waals surface area (Å²) in [5.41, 5.74) is 0.466. The number of carbonyl (C=O) groups is 1.